The number of unbranched alkanes of at least 4 members (excludes halogenated alkanes) is 13. The average molecular weight is 378 g/mol. The second-order valence-electron chi connectivity index (χ2n) is 8.98. The number of imidazole rings is 1. The smallest absolute Gasteiger partial charge is 0.248 e. The topological polar surface area (TPSA) is 19.7 Å². The van der Waals surface area contributed by atoms with Crippen LogP contribution in [0.3, 0.4) is 0 Å². The van der Waals surface area contributed by atoms with Crippen LogP contribution in [-0.4, -0.2) is 4.98 Å². The quantitative estimate of drug-likeness (QED) is 0.188. The van der Waals surface area contributed by atoms with Gasteiger partial charge in [-0.25, -0.2) is 9.55 Å². The van der Waals surface area contributed by atoms with Gasteiger partial charge < -0.3 is 0 Å². The van der Waals surface area contributed by atoms with Crippen LogP contribution in [0.5, 0.6) is 0 Å². The van der Waals surface area contributed by atoms with E-state index in [0.717, 1.165) is 5.92 Å². The zero-order valence-corrected chi connectivity index (χ0v) is 18.9. The summed E-state index contributed by atoms with van der Waals surface area (Å²) in [7, 11) is 0. The third-order valence-electron chi connectivity index (χ3n) is 5.80. The van der Waals surface area contributed by atoms with Crippen LogP contribution >= 0.6 is 0 Å². The molecular formula is C25H49N2+. The van der Waals surface area contributed by atoms with Gasteiger partial charge in [0.1, 0.15) is 12.4 Å². The molecule has 1 rings (SSSR count). The molecule has 0 aromatic carbocycles. The lowest BCUT2D eigenvalue weighted by Crippen LogP contribution is -2.36. The van der Waals surface area contributed by atoms with Crippen molar-refractivity contribution in [2.75, 3.05) is 0 Å². The van der Waals surface area contributed by atoms with Gasteiger partial charge in [0.15, 0.2) is 0 Å². The summed E-state index contributed by atoms with van der Waals surface area (Å²) in [5, 5.41) is 0. The molecule has 0 aliphatic carbocycles. The van der Waals surface area contributed by atoms with Gasteiger partial charge in [0.05, 0.1) is 6.54 Å². The van der Waals surface area contributed by atoms with Crippen LogP contribution < -0.4 is 4.57 Å². The summed E-state index contributed by atoms with van der Waals surface area (Å²) >= 11 is 0. The van der Waals surface area contributed by atoms with Crippen LogP contribution in [0.25, 0.3) is 0 Å². The molecule has 0 spiro atoms. The maximum atomic E-state index is 3.47. The Morgan fingerprint density at radius 2 is 1.30 bits per heavy atom. The van der Waals surface area contributed by atoms with Crippen LogP contribution in [0, 0.1) is 5.92 Å². The van der Waals surface area contributed by atoms with E-state index >= 15 is 0 Å². The molecule has 27 heavy (non-hydrogen) atoms. The van der Waals surface area contributed by atoms with Crippen LogP contribution in [0.4, 0.5) is 0 Å². The van der Waals surface area contributed by atoms with E-state index in [1.165, 1.54) is 122 Å². The van der Waals surface area contributed by atoms with Gasteiger partial charge in [0.25, 0.3) is 5.82 Å². The minimum absolute atomic E-state index is 0.869. The Morgan fingerprint density at radius 1 is 0.741 bits per heavy atom. The predicted molar refractivity (Wildman–Crippen MR) is 119 cm³/mol. The monoisotopic (exact) mass is 377 g/mol. The van der Waals surface area contributed by atoms with E-state index in [2.05, 4.69) is 42.7 Å². The van der Waals surface area contributed by atoms with Gasteiger partial charge >= 0.3 is 0 Å². The summed E-state index contributed by atoms with van der Waals surface area (Å²) in [5.41, 5.74) is 0. The van der Waals surface area contributed by atoms with Crippen molar-refractivity contribution in [2.45, 2.75) is 136 Å². The van der Waals surface area contributed by atoms with Crippen molar-refractivity contribution >= 4 is 0 Å². The molecule has 0 aliphatic heterocycles. The maximum Gasteiger partial charge on any atom is 0.254 e. The number of aromatic nitrogens is 2. The molecule has 0 aliphatic rings. The van der Waals surface area contributed by atoms with Crippen molar-refractivity contribution in [1.82, 2.24) is 4.98 Å². The Hall–Kier alpha value is -0.790. The Morgan fingerprint density at radius 3 is 1.93 bits per heavy atom. The van der Waals surface area contributed by atoms with Crippen LogP contribution in [0.15, 0.2) is 12.4 Å². The standard InChI is InChI=1S/C25H48N2/c1-4-5-6-7-8-9-10-11-15-18-22-27-23-21-26-25(27)20-17-14-12-13-16-19-24(2)3/h21,23-24H,4-20,22H2,1-3H3/p+1. The van der Waals surface area contributed by atoms with Gasteiger partial charge in [0.2, 0.25) is 0 Å². The molecule has 158 valence electrons. The Bertz CT molecular complexity index is 422. The van der Waals surface area contributed by atoms with Gasteiger partial charge in [-0.3, -0.25) is 0 Å². The molecule has 0 unspecified atom stereocenters. The number of nitrogens with zero attached hydrogens (tertiary/aromatic N) is 1. The minimum atomic E-state index is 0.869. The molecule has 0 fully saturated rings. The fraction of sp³-hybridized carbons (Fsp3) is 0.880. The number of aryl methyl sites for hydroxylation is 2. The average Bonchev–Trinajstić information content (AvgIpc) is 3.09. The highest BCUT2D eigenvalue weighted by Crippen LogP contribution is 2.12. The number of rotatable bonds is 19. The lowest BCUT2D eigenvalue weighted by atomic mass is 10.0. The molecule has 0 saturated heterocycles. The number of nitrogens with one attached hydrogen (secondary N) is 1. The molecule has 1 N–H and O–H groups in total. The van der Waals surface area contributed by atoms with Crippen LogP contribution in [0.2, 0.25) is 0 Å². The first-order valence-corrected chi connectivity index (χ1v) is 12.3. The molecule has 1 aromatic rings. The van der Waals surface area contributed by atoms with Gasteiger partial charge in [-0.1, -0.05) is 104 Å². The normalized spacial score (nSPS) is 11.6. The summed E-state index contributed by atoms with van der Waals surface area (Å²) in [6.45, 7) is 8.16. The molecule has 0 bridgehead atoms. The maximum absolute atomic E-state index is 3.47. The summed E-state index contributed by atoms with van der Waals surface area (Å²) in [4.78, 5) is 3.47. The van der Waals surface area contributed by atoms with Crippen molar-refractivity contribution in [1.29, 1.82) is 0 Å². The first-order chi connectivity index (χ1) is 13.2. The first-order valence-electron chi connectivity index (χ1n) is 12.3. The third-order valence-corrected chi connectivity index (χ3v) is 5.80. The molecule has 2 heteroatoms. The largest absolute Gasteiger partial charge is 0.254 e. The summed E-state index contributed by atoms with van der Waals surface area (Å²) in [6.07, 6.45) is 28.1. The lowest BCUT2D eigenvalue weighted by molar-refractivity contribution is -0.703. The highest BCUT2D eigenvalue weighted by Gasteiger charge is 2.09. The SMILES string of the molecule is CCCCCCCCCCCC[n+]1cc[nH]c1CCCCCCCC(C)C. The molecule has 2 nitrogen and oxygen atoms in total. The highest BCUT2D eigenvalue weighted by atomic mass is 15.1. The van der Waals surface area contributed by atoms with E-state index in [1.807, 2.05) is 0 Å². The van der Waals surface area contributed by atoms with Gasteiger partial charge in [-0.05, 0) is 25.2 Å². The fourth-order valence-electron chi connectivity index (χ4n) is 3.97. The van der Waals surface area contributed by atoms with Gasteiger partial charge in [-0.15, -0.1) is 0 Å². The Balaban J connectivity index is 1.97. The summed E-state index contributed by atoms with van der Waals surface area (Å²) in [6, 6.07) is 0. The summed E-state index contributed by atoms with van der Waals surface area (Å²) < 4.78 is 2.46. The van der Waals surface area contributed by atoms with Crippen molar-refractivity contribution in [3.63, 3.8) is 0 Å². The number of aromatic amines is 1. The van der Waals surface area contributed by atoms with Crippen molar-refractivity contribution in [3.8, 4) is 0 Å². The van der Waals surface area contributed by atoms with E-state index in [4.69, 9.17) is 0 Å². The fourth-order valence-corrected chi connectivity index (χ4v) is 3.97. The number of hydrogen-bond acceptors (Lipinski definition) is 0. The summed E-state index contributed by atoms with van der Waals surface area (Å²) in [5.74, 6) is 2.31. The molecule has 0 saturated carbocycles. The molecular weight excluding hydrogens is 328 g/mol. The van der Waals surface area contributed by atoms with E-state index in [9.17, 15) is 0 Å². The highest BCUT2D eigenvalue weighted by molar-refractivity contribution is 4.77. The second-order valence-corrected chi connectivity index (χ2v) is 8.98. The van der Waals surface area contributed by atoms with E-state index in [-0.39, 0.29) is 0 Å². The van der Waals surface area contributed by atoms with Crippen LogP contribution in [-0.2, 0) is 13.0 Å². The van der Waals surface area contributed by atoms with E-state index in [1.54, 1.807) is 0 Å². The van der Waals surface area contributed by atoms with Crippen molar-refractivity contribution < 1.29 is 4.57 Å². The Kier molecular flexibility index (Phi) is 15.6. The predicted octanol–water partition coefficient (Wildman–Crippen LogP) is 7.76. The zero-order valence-electron chi connectivity index (χ0n) is 18.9. The van der Waals surface area contributed by atoms with Crippen molar-refractivity contribution in [2.24, 2.45) is 5.92 Å². The minimum Gasteiger partial charge on any atom is -0.248 e. The molecule has 1 aromatic heterocycles. The van der Waals surface area contributed by atoms with E-state index in [0.29, 0.717) is 0 Å². The zero-order chi connectivity index (χ0) is 19.6. The third kappa shape index (κ3) is 13.9. The number of H-pyrrole nitrogens is 1. The lowest BCUT2D eigenvalue weighted by Gasteiger charge is -2.04. The Labute approximate surface area is 170 Å². The molecule has 0 amide bonds. The molecule has 0 atom stereocenters. The molecule has 0 radical (unpaired) electrons. The van der Waals surface area contributed by atoms with E-state index < -0.39 is 0 Å². The van der Waals surface area contributed by atoms with Crippen LogP contribution in [0.1, 0.15) is 129 Å². The van der Waals surface area contributed by atoms with Gasteiger partial charge in [-0.2, -0.15) is 0 Å². The molecule has 1 heterocycles. The second kappa shape index (κ2) is 17.3. The first kappa shape index (κ1) is 24.2. The number of hydrogen-bond donors (Lipinski definition) is 1. The van der Waals surface area contributed by atoms with Crippen molar-refractivity contribution in [3.05, 3.63) is 18.2 Å². The van der Waals surface area contributed by atoms with Gasteiger partial charge in [0, 0.05) is 6.42 Å².